The van der Waals surface area contributed by atoms with Gasteiger partial charge in [0, 0.05) is 11.9 Å². The van der Waals surface area contributed by atoms with E-state index in [1.165, 1.54) is 0 Å². The second-order valence-corrected chi connectivity index (χ2v) is 4.35. The number of aryl methyl sites for hydroxylation is 1. The van der Waals surface area contributed by atoms with E-state index in [9.17, 15) is 0 Å². The first-order chi connectivity index (χ1) is 6.34. The Morgan fingerprint density at radius 1 is 1.60 bits per heavy atom. The van der Waals surface area contributed by atoms with E-state index in [2.05, 4.69) is 15.7 Å². The predicted octanol–water partition coefficient (Wildman–Crippen LogP) is 2.17. The molecule has 1 aliphatic rings. The van der Waals surface area contributed by atoms with Crippen LogP contribution in [0.15, 0.2) is 5.38 Å². The van der Waals surface area contributed by atoms with Crippen LogP contribution in [0.1, 0.15) is 17.1 Å². The van der Waals surface area contributed by atoms with E-state index in [-0.39, 0.29) is 24.8 Å². The van der Waals surface area contributed by atoms with Gasteiger partial charge in [0.2, 0.25) is 0 Å². The molecule has 1 unspecified atom stereocenters. The van der Waals surface area contributed by atoms with Crippen LogP contribution in [0.3, 0.4) is 0 Å². The molecule has 0 saturated carbocycles. The minimum Gasteiger partial charge on any atom is -0.371 e. The largest absolute Gasteiger partial charge is 0.371 e. The fourth-order valence-electron chi connectivity index (χ4n) is 1.45. The van der Waals surface area contributed by atoms with Gasteiger partial charge in [-0.2, -0.15) is 0 Å². The van der Waals surface area contributed by atoms with E-state index in [1.54, 1.807) is 11.3 Å². The second-order valence-electron chi connectivity index (χ2n) is 3.28. The van der Waals surface area contributed by atoms with Gasteiger partial charge in [0.05, 0.1) is 23.4 Å². The Balaban J connectivity index is 0.000000980. The van der Waals surface area contributed by atoms with Gasteiger partial charge < -0.3 is 10.1 Å². The molecule has 88 valence electrons. The highest BCUT2D eigenvalue weighted by atomic mass is 35.5. The molecule has 0 aromatic carbocycles. The molecule has 1 aromatic rings. The maximum Gasteiger partial charge on any atom is 0.0900 e. The van der Waals surface area contributed by atoms with Gasteiger partial charge in [-0.15, -0.1) is 36.2 Å². The molecule has 0 aliphatic carbocycles. The van der Waals surface area contributed by atoms with Gasteiger partial charge in [0.15, 0.2) is 0 Å². The number of halogens is 2. The molecule has 0 radical (unpaired) electrons. The Bertz CT molecular complexity index is 277. The molecule has 1 aliphatic heterocycles. The minimum atomic E-state index is 0. The lowest BCUT2D eigenvalue weighted by atomic mass is 10.3. The zero-order chi connectivity index (χ0) is 9.10. The summed E-state index contributed by atoms with van der Waals surface area (Å²) in [5.74, 6) is 0. The summed E-state index contributed by atoms with van der Waals surface area (Å²) >= 11 is 1.68. The van der Waals surface area contributed by atoms with Crippen LogP contribution >= 0.6 is 36.2 Å². The van der Waals surface area contributed by atoms with Crippen molar-refractivity contribution in [3.63, 3.8) is 0 Å². The highest BCUT2D eigenvalue weighted by Crippen LogP contribution is 2.11. The van der Waals surface area contributed by atoms with Crippen LogP contribution in [0.5, 0.6) is 0 Å². The smallest absolute Gasteiger partial charge is 0.0900 e. The van der Waals surface area contributed by atoms with Crippen molar-refractivity contribution in [1.29, 1.82) is 0 Å². The van der Waals surface area contributed by atoms with Crippen LogP contribution in [-0.4, -0.2) is 24.2 Å². The van der Waals surface area contributed by atoms with Crippen molar-refractivity contribution in [3.05, 3.63) is 16.1 Å². The van der Waals surface area contributed by atoms with Crippen molar-refractivity contribution in [3.8, 4) is 0 Å². The molecule has 15 heavy (non-hydrogen) atoms. The maximum atomic E-state index is 5.68. The van der Waals surface area contributed by atoms with Crippen LogP contribution < -0.4 is 5.32 Å². The Kier molecular flexibility index (Phi) is 7.48. The van der Waals surface area contributed by atoms with Crippen molar-refractivity contribution in [2.75, 3.05) is 13.1 Å². The first-order valence-corrected chi connectivity index (χ1v) is 5.46. The molecule has 0 bridgehead atoms. The normalized spacial score (nSPS) is 19.4. The number of nitrogens with one attached hydrogen (secondary N) is 1. The summed E-state index contributed by atoms with van der Waals surface area (Å²) in [6.45, 7) is 4.76. The average Bonchev–Trinajstić information content (AvgIpc) is 2.71. The molecule has 1 saturated heterocycles. The van der Waals surface area contributed by atoms with Crippen LogP contribution in [-0.2, 0) is 11.3 Å². The van der Waals surface area contributed by atoms with Crippen LogP contribution in [0.4, 0.5) is 0 Å². The van der Waals surface area contributed by atoms with Crippen molar-refractivity contribution < 1.29 is 4.74 Å². The first-order valence-electron chi connectivity index (χ1n) is 4.58. The fraction of sp³-hybridized carbons (Fsp3) is 0.667. The maximum absolute atomic E-state index is 5.68. The van der Waals surface area contributed by atoms with Gasteiger partial charge in [-0.1, -0.05) is 0 Å². The van der Waals surface area contributed by atoms with Gasteiger partial charge >= 0.3 is 0 Å². The molecule has 2 rings (SSSR count). The van der Waals surface area contributed by atoms with Gasteiger partial charge in [-0.25, -0.2) is 4.98 Å². The second kappa shape index (κ2) is 7.41. The van der Waals surface area contributed by atoms with E-state index < -0.39 is 0 Å². The number of nitrogens with zero attached hydrogens (tertiary/aromatic N) is 1. The van der Waals surface area contributed by atoms with Gasteiger partial charge in [-0.05, 0) is 19.9 Å². The van der Waals surface area contributed by atoms with E-state index >= 15 is 0 Å². The van der Waals surface area contributed by atoms with E-state index in [0.717, 1.165) is 30.2 Å². The molecule has 0 spiro atoms. The molecule has 3 nitrogen and oxygen atoms in total. The molecule has 1 atom stereocenters. The fourth-order valence-corrected chi connectivity index (χ4v) is 2.05. The standard InChI is InChI=1S/C9H14N2OS.2ClH/c1-7-11-8(6-13-7)5-12-9-2-3-10-4-9;;/h6,9-10H,2-5H2,1H3;2*1H. The lowest BCUT2D eigenvalue weighted by molar-refractivity contribution is 0.0525. The lowest BCUT2D eigenvalue weighted by Crippen LogP contribution is -2.16. The molecule has 1 aromatic heterocycles. The van der Waals surface area contributed by atoms with Gasteiger partial charge in [-0.3, -0.25) is 0 Å². The Hall–Kier alpha value is 0.130. The number of thiazole rings is 1. The average molecular weight is 271 g/mol. The number of aromatic nitrogens is 1. The highest BCUT2D eigenvalue weighted by Gasteiger charge is 2.14. The number of hydrogen-bond donors (Lipinski definition) is 1. The van der Waals surface area contributed by atoms with E-state index in [1.807, 2.05) is 6.92 Å². The van der Waals surface area contributed by atoms with Crippen LogP contribution in [0, 0.1) is 6.92 Å². The SMILES string of the molecule is Cc1nc(COC2CCNC2)cs1.Cl.Cl. The molecule has 0 amide bonds. The number of hydrogen-bond acceptors (Lipinski definition) is 4. The molecular weight excluding hydrogens is 255 g/mol. The van der Waals surface area contributed by atoms with E-state index in [4.69, 9.17) is 4.74 Å². The molecular formula is C9H16Cl2N2OS. The number of ether oxygens (including phenoxy) is 1. The first kappa shape index (κ1) is 15.1. The third kappa shape index (κ3) is 4.66. The molecule has 6 heteroatoms. The zero-order valence-electron chi connectivity index (χ0n) is 8.56. The van der Waals surface area contributed by atoms with Gasteiger partial charge in [0.25, 0.3) is 0 Å². The van der Waals surface area contributed by atoms with Crippen LogP contribution in [0.2, 0.25) is 0 Å². The third-order valence-electron chi connectivity index (χ3n) is 2.15. The third-order valence-corrected chi connectivity index (χ3v) is 2.97. The molecule has 1 N–H and O–H groups in total. The summed E-state index contributed by atoms with van der Waals surface area (Å²) in [5.41, 5.74) is 1.06. The minimum absolute atomic E-state index is 0. The summed E-state index contributed by atoms with van der Waals surface area (Å²) in [7, 11) is 0. The van der Waals surface area contributed by atoms with E-state index in [0.29, 0.717) is 12.7 Å². The quantitative estimate of drug-likeness (QED) is 0.915. The Morgan fingerprint density at radius 2 is 2.40 bits per heavy atom. The summed E-state index contributed by atoms with van der Waals surface area (Å²) < 4.78 is 5.68. The Labute approximate surface area is 106 Å². The summed E-state index contributed by atoms with van der Waals surface area (Å²) in [6.07, 6.45) is 1.52. The highest BCUT2D eigenvalue weighted by molar-refractivity contribution is 7.09. The van der Waals surface area contributed by atoms with Crippen molar-refractivity contribution in [2.45, 2.75) is 26.1 Å². The zero-order valence-corrected chi connectivity index (χ0v) is 11.0. The summed E-state index contributed by atoms with van der Waals surface area (Å²) in [5, 5.41) is 6.45. The topological polar surface area (TPSA) is 34.1 Å². The lowest BCUT2D eigenvalue weighted by Gasteiger charge is -2.07. The van der Waals surface area contributed by atoms with Crippen molar-refractivity contribution in [2.24, 2.45) is 0 Å². The van der Waals surface area contributed by atoms with Gasteiger partial charge in [0.1, 0.15) is 0 Å². The summed E-state index contributed by atoms with van der Waals surface area (Å²) in [6, 6.07) is 0. The predicted molar refractivity (Wildman–Crippen MR) is 67.4 cm³/mol. The Morgan fingerprint density at radius 3 is 2.93 bits per heavy atom. The molecule has 1 fully saturated rings. The monoisotopic (exact) mass is 270 g/mol. The van der Waals surface area contributed by atoms with Crippen LogP contribution in [0.25, 0.3) is 0 Å². The molecule has 2 heterocycles. The summed E-state index contributed by atoms with van der Waals surface area (Å²) in [4.78, 5) is 4.34. The number of rotatable bonds is 3. The van der Waals surface area contributed by atoms with Crippen molar-refractivity contribution >= 4 is 36.2 Å². The van der Waals surface area contributed by atoms with Crippen molar-refractivity contribution in [1.82, 2.24) is 10.3 Å².